The Morgan fingerprint density at radius 1 is 1.15 bits per heavy atom. The normalized spacial score (nSPS) is 19.2. The first kappa shape index (κ1) is 13.5. The fraction of sp³-hybridized carbons (Fsp3) is 0.294. The van der Waals surface area contributed by atoms with Crippen molar-refractivity contribution in [3.8, 4) is 5.75 Å². The Hall–Kier alpha value is -1.51. The van der Waals surface area contributed by atoms with E-state index >= 15 is 0 Å². The summed E-state index contributed by atoms with van der Waals surface area (Å²) >= 11 is 6.12. The van der Waals surface area contributed by atoms with Crippen LogP contribution in [0.15, 0.2) is 48.5 Å². The van der Waals surface area contributed by atoms with Gasteiger partial charge in [0.05, 0.1) is 0 Å². The summed E-state index contributed by atoms with van der Waals surface area (Å²) in [5.41, 5.74) is 2.55. The molecular weight excluding hydrogens is 270 g/mol. The van der Waals surface area contributed by atoms with Crippen molar-refractivity contribution in [1.82, 2.24) is 4.90 Å². The summed E-state index contributed by atoms with van der Waals surface area (Å²) < 4.78 is 6.19. The lowest BCUT2D eigenvalue weighted by molar-refractivity contribution is 0.156. The summed E-state index contributed by atoms with van der Waals surface area (Å²) in [6.45, 7) is 1.92. The molecule has 1 unspecified atom stereocenters. The molecule has 2 aromatic carbocycles. The minimum Gasteiger partial charge on any atom is -0.484 e. The topological polar surface area (TPSA) is 12.5 Å². The molecule has 0 saturated heterocycles. The molecule has 20 heavy (non-hydrogen) atoms. The molecule has 0 radical (unpaired) electrons. The quantitative estimate of drug-likeness (QED) is 0.829. The van der Waals surface area contributed by atoms with Gasteiger partial charge < -0.3 is 9.64 Å². The van der Waals surface area contributed by atoms with Crippen LogP contribution in [-0.4, -0.2) is 25.0 Å². The van der Waals surface area contributed by atoms with Gasteiger partial charge in [0, 0.05) is 18.1 Å². The Bertz CT molecular complexity index is 585. The van der Waals surface area contributed by atoms with E-state index < -0.39 is 0 Å². The zero-order valence-corrected chi connectivity index (χ0v) is 12.3. The molecular formula is C17H18ClNO. The highest BCUT2D eigenvalue weighted by atomic mass is 35.5. The highest BCUT2D eigenvalue weighted by Crippen LogP contribution is 2.29. The van der Waals surface area contributed by atoms with Crippen LogP contribution >= 0.6 is 11.6 Å². The van der Waals surface area contributed by atoms with Crippen LogP contribution in [0, 0.1) is 0 Å². The van der Waals surface area contributed by atoms with Gasteiger partial charge in [-0.05, 0) is 48.9 Å². The molecule has 1 aliphatic rings. The molecule has 1 aliphatic heterocycles. The van der Waals surface area contributed by atoms with Gasteiger partial charge in [-0.25, -0.2) is 0 Å². The molecule has 104 valence electrons. The van der Waals surface area contributed by atoms with E-state index in [1.165, 1.54) is 11.1 Å². The largest absolute Gasteiger partial charge is 0.484 e. The van der Waals surface area contributed by atoms with E-state index in [1.54, 1.807) is 0 Å². The number of rotatable bonds is 2. The average Bonchev–Trinajstić information content (AvgIpc) is 2.59. The molecule has 0 spiro atoms. The van der Waals surface area contributed by atoms with Gasteiger partial charge in [0.2, 0.25) is 0 Å². The summed E-state index contributed by atoms with van der Waals surface area (Å²) in [4.78, 5) is 2.31. The molecule has 2 aromatic rings. The van der Waals surface area contributed by atoms with Crippen molar-refractivity contribution in [3.63, 3.8) is 0 Å². The number of hydrogen-bond acceptors (Lipinski definition) is 2. The standard InChI is InChI=1S/C17H18ClNO/c1-19-10-9-13-11-14(18)7-8-16(13)17(12-19)20-15-5-3-2-4-6-15/h2-8,11,17H,9-10,12H2,1H3. The van der Waals surface area contributed by atoms with Crippen molar-refractivity contribution < 1.29 is 4.74 Å². The van der Waals surface area contributed by atoms with Crippen molar-refractivity contribution in [1.29, 1.82) is 0 Å². The second-order valence-corrected chi connectivity index (χ2v) is 5.71. The molecule has 1 heterocycles. The van der Waals surface area contributed by atoms with Gasteiger partial charge in [0.1, 0.15) is 11.9 Å². The summed E-state index contributed by atoms with van der Waals surface area (Å²) in [5.74, 6) is 0.911. The Morgan fingerprint density at radius 2 is 1.95 bits per heavy atom. The van der Waals surface area contributed by atoms with Crippen LogP contribution in [-0.2, 0) is 6.42 Å². The number of nitrogens with zero attached hydrogens (tertiary/aromatic N) is 1. The predicted molar refractivity (Wildman–Crippen MR) is 82.5 cm³/mol. The lowest BCUT2D eigenvalue weighted by Crippen LogP contribution is -2.26. The van der Waals surface area contributed by atoms with Gasteiger partial charge in [0.15, 0.2) is 0 Å². The smallest absolute Gasteiger partial charge is 0.137 e. The molecule has 2 nitrogen and oxygen atoms in total. The first-order valence-corrected chi connectivity index (χ1v) is 7.29. The first-order chi connectivity index (χ1) is 9.72. The number of para-hydroxylation sites is 1. The monoisotopic (exact) mass is 287 g/mol. The van der Waals surface area contributed by atoms with Crippen LogP contribution in [0.25, 0.3) is 0 Å². The third-order valence-electron chi connectivity index (χ3n) is 3.71. The Kier molecular flexibility index (Phi) is 3.95. The van der Waals surface area contributed by atoms with Gasteiger partial charge in [-0.2, -0.15) is 0 Å². The van der Waals surface area contributed by atoms with E-state index in [9.17, 15) is 0 Å². The van der Waals surface area contributed by atoms with E-state index in [1.807, 2.05) is 36.4 Å². The van der Waals surface area contributed by atoms with Crippen molar-refractivity contribution in [2.45, 2.75) is 12.5 Å². The van der Waals surface area contributed by atoms with Crippen LogP contribution in [0.4, 0.5) is 0 Å². The molecule has 0 fully saturated rings. The summed E-state index contributed by atoms with van der Waals surface area (Å²) in [6.07, 6.45) is 1.07. The zero-order chi connectivity index (χ0) is 13.9. The van der Waals surface area contributed by atoms with Gasteiger partial charge in [-0.1, -0.05) is 35.9 Å². The highest BCUT2D eigenvalue weighted by molar-refractivity contribution is 6.30. The minimum atomic E-state index is 0.0529. The van der Waals surface area contributed by atoms with Gasteiger partial charge >= 0.3 is 0 Å². The zero-order valence-electron chi connectivity index (χ0n) is 11.6. The number of likely N-dealkylation sites (N-methyl/N-ethyl adjacent to an activating group) is 1. The van der Waals surface area contributed by atoms with Crippen molar-refractivity contribution in [2.24, 2.45) is 0 Å². The van der Waals surface area contributed by atoms with E-state index in [-0.39, 0.29) is 6.10 Å². The molecule has 1 atom stereocenters. The number of hydrogen-bond donors (Lipinski definition) is 0. The molecule has 0 saturated carbocycles. The average molecular weight is 288 g/mol. The Balaban J connectivity index is 1.92. The number of ether oxygens (including phenoxy) is 1. The first-order valence-electron chi connectivity index (χ1n) is 6.91. The SMILES string of the molecule is CN1CCc2cc(Cl)ccc2C(Oc2ccccc2)C1. The number of fused-ring (bicyclic) bond motifs is 1. The van der Waals surface area contributed by atoms with E-state index in [4.69, 9.17) is 16.3 Å². The maximum atomic E-state index is 6.19. The molecule has 0 bridgehead atoms. The van der Waals surface area contributed by atoms with Crippen LogP contribution < -0.4 is 4.74 Å². The molecule has 0 aliphatic carbocycles. The lowest BCUT2D eigenvalue weighted by atomic mass is 10.0. The molecule has 0 aromatic heterocycles. The maximum Gasteiger partial charge on any atom is 0.137 e. The van der Waals surface area contributed by atoms with Gasteiger partial charge in [-0.15, -0.1) is 0 Å². The minimum absolute atomic E-state index is 0.0529. The second-order valence-electron chi connectivity index (χ2n) is 5.27. The van der Waals surface area contributed by atoms with E-state index in [2.05, 4.69) is 24.1 Å². The second kappa shape index (κ2) is 5.86. The molecule has 3 rings (SSSR count). The molecule has 0 N–H and O–H groups in total. The Morgan fingerprint density at radius 3 is 2.75 bits per heavy atom. The van der Waals surface area contributed by atoms with Crippen LogP contribution in [0.1, 0.15) is 17.2 Å². The maximum absolute atomic E-state index is 6.19. The Labute approximate surface area is 124 Å². The fourth-order valence-corrected chi connectivity index (χ4v) is 2.85. The highest BCUT2D eigenvalue weighted by Gasteiger charge is 2.23. The number of benzene rings is 2. The van der Waals surface area contributed by atoms with Crippen LogP contribution in [0.5, 0.6) is 5.75 Å². The number of halogens is 1. The summed E-state index contributed by atoms with van der Waals surface area (Å²) in [6, 6.07) is 16.1. The molecule has 0 amide bonds. The van der Waals surface area contributed by atoms with Crippen LogP contribution in [0.3, 0.4) is 0 Å². The fourth-order valence-electron chi connectivity index (χ4n) is 2.65. The molecule has 3 heteroatoms. The van der Waals surface area contributed by atoms with Crippen molar-refractivity contribution >= 4 is 11.6 Å². The summed E-state index contributed by atoms with van der Waals surface area (Å²) in [5, 5.41) is 0.798. The van der Waals surface area contributed by atoms with E-state index in [0.29, 0.717) is 0 Å². The van der Waals surface area contributed by atoms with Crippen molar-refractivity contribution in [3.05, 3.63) is 64.7 Å². The third kappa shape index (κ3) is 2.97. The van der Waals surface area contributed by atoms with Crippen molar-refractivity contribution in [2.75, 3.05) is 20.1 Å². The van der Waals surface area contributed by atoms with Crippen LogP contribution in [0.2, 0.25) is 5.02 Å². The third-order valence-corrected chi connectivity index (χ3v) is 3.95. The van der Waals surface area contributed by atoms with E-state index in [0.717, 1.165) is 30.3 Å². The summed E-state index contributed by atoms with van der Waals surface area (Å²) in [7, 11) is 2.13. The predicted octanol–water partition coefficient (Wildman–Crippen LogP) is 3.95. The van der Waals surface area contributed by atoms with Gasteiger partial charge in [0.25, 0.3) is 0 Å². The lowest BCUT2D eigenvalue weighted by Gasteiger charge is -2.23. The van der Waals surface area contributed by atoms with Gasteiger partial charge in [-0.3, -0.25) is 0 Å².